The van der Waals surface area contributed by atoms with E-state index in [-0.39, 0.29) is 13.2 Å². The number of alkyl carbamates (subject to hydrolysis) is 2. The van der Waals surface area contributed by atoms with E-state index in [1.54, 1.807) is 20.8 Å². The Morgan fingerprint density at radius 1 is 1.07 bits per heavy atom. The molecule has 82 valence electrons. The number of ether oxygens (including phenoxy) is 2. The van der Waals surface area contributed by atoms with Crippen molar-refractivity contribution in [2.45, 2.75) is 26.9 Å². The summed E-state index contributed by atoms with van der Waals surface area (Å²) in [5.41, 5.74) is 0. The van der Waals surface area contributed by atoms with Crippen molar-refractivity contribution in [1.29, 1.82) is 0 Å². The standard InChI is InChI=1S/C8H16N2O4/c1-4-13-7(11)9-6(3)10-8(12)14-5-2/h6H,4-5H2,1-3H3,(H,9,11)(H,10,12). The molecule has 0 aliphatic rings. The first-order valence-electron chi connectivity index (χ1n) is 4.46. The minimum absolute atomic E-state index is 0.290. The molecule has 0 atom stereocenters. The van der Waals surface area contributed by atoms with E-state index in [2.05, 4.69) is 20.1 Å². The number of carbonyl (C=O) groups is 2. The molecule has 0 saturated carbocycles. The lowest BCUT2D eigenvalue weighted by Gasteiger charge is -2.14. The summed E-state index contributed by atoms with van der Waals surface area (Å²) in [6.45, 7) is 5.58. The molecule has 0 aromatic heterocycles. The summed E-state index contributed by atoms with van der Waals surface area (Å²) in [5.74, 6) is 0. The third-order valence-electron chi connectivity index (χ3n) is 1.22. The second-order valence-electron chi connectivity index (χ2n) is 2.45. The third kappa shape index (κ3) is 6.10. The monoisotopic (exact) mass is 204 g/mol. The van der Waals surface area contributed by atoms with Gasteiger partial charge in [-0.3, -0.25) is 0 Å². The first-order valence-corrected chi connectivity index (χ1v) is 4.46. The van der Waals surface area contributed by atoms with E-state index < -0.39 is 18.4 Å². The Hall–Kier alpha value is -1.46. The molecule has 0 radical (unpaired) electrons. The Morgan fingerprint density at radius 3 is 1.71 bits per heavy atom. The smallest absolute Gasteiger partial charge is 0.408 e. The molecule has 0 aromatic carbocycles. The largest absolute Gasteiger partial charge is 0.450 e. The molecule has 2 amide bonds. The van der Waals surface area contributed by atoms with E-state index in [1.807, 2.05) is 0 Å². The topological polar surface area (TPSA) is 76.7 Å². The van der Waals surface area contributed by atoms with Crippen LogP contribution < -0.4 is 10.6 Å². The molecular weight excluding hydrogens is 188 g/mol. The maximum Gasteiger partial charge on any atom is 0.408 e. The molecule has 2 N–H and O–H groups in total. The van der Waals surface area contributed by atoms with Crippen molar-refractivity contribution in [2.75, 3.05) is 13.2 Å². The van der Waals surface area contributed by atoms with Crippen LogP contribution in [0.15, 0.2) is 0 Å². The summed E-state index contributed by atoms with van der Waals surface area (Å²) >= 11 is 0. The lowest BCUT2D eigenvalue weighted by atomic mass is 10.6. The van der Waals surface area contributed by atoms with Crippen LogP contribution >= 0.6 is 0 Å². The van der Waals surface area contributed by atoms with Gasteiger partial charge in [0.05, 0.1) is 13.2 Å². The van der Waals surface area contributed by atoms with Gasteiger partial charge < -0.3 is 20.1 Å². The predicted octanol–water partition coefficient (Wildman–Crippen LogP) is 0.825. The van der Waals surface area contributed by atoms with Gasteiger partial charge in [0.25, 0.3) is 0 Å². The zero-order valence-electron chi connectivity index (χ0n) is 8.62. The van der Waals surface area contributed by atoms with Crippen molar-refractivity contribution < 1.29 is 19.1 Å². The first-order chi connectivity index (χ1) is 6.60. The molecule has 0 rings (SSSR count). The number of hydrogen-bond acceptors (Lipinski definition) is 4. The average molecular weight is 204 g/mol. The fourth-order valence-corrected chi connectivity index (χ4v) is 0.735. The molecule has 0 bridgehead atoms. The van der Waals surface area contributed by atoms with Crippen molar-refractivity contribution in [3.05, 3.63) is 0 Å². The average Bonchev–Trinajstić information content (AvgIpc) is 2.03. The van der Waals surface area contributed by atoms with Crippen LogP contribution in [-0.2, 0) is 9.47 Å². The Kier molecular flexibility index (Phi) is 6.26. The highest BCUT2D eigenvalue weighted by Gasteiger charge is 2.10. The Balaban J connectivity index is 3.68. The van der Waals surface area contributed by atoms with Crippen molar-refractivity contribution in [3.63, 3.8) is 0 Å². The van der Waals surface area contributed by atoms with Gasteiger partial charge in [0.1, 0.15) is 6.17 Å². The molecule has 0 spiro atoms. The van der Waals surface area contributed by atoms with Gasteiger partial charge in [-0.05, 0) is 20.8 Å². The summed E-state index contributed by atoms with van der Waals surface area (Å²) in [6, 6.07) is 0. The second-order valence-corrected chi connectivity index (χ2v) is 2.45. The van der Waals surface area contributed by atoms with E-state index >= 15 is 0 Å². The van der Waals surface area contributed by atoms with Crippen LogP contribution in [0.3, 0.4) is 0 Å². The minimum atomic E-state index is -0.572. The van der Waals surface area contributed by atoms with Gasteiger partial charge in [0.15, 0.2) is 0 Å². The van der Waals surface area contributed by atoms with Gasteiger partial charge in [-0.1, -0.05) is 0 Å². The fourth-order valence-electron chi connectivity index (χ4n) is 0.735. The molecule has 0 heterocycles. The quantitative estimate of drug-likeness (QED) is 0.665. The van der Waals surface area contributed by atoms with Crippen LogP contribution in [0.25, 0.3) is 0 Å². The number of rotatable bonds is 4. The highest BCUT2D eigenvalue weighted by Crippen LogP contribution is 1.83. The fraction of sp³-hybridized carbons (Fsp3) is 0.750. The normalized spacial score (nSPS) is 9.43. The van der Waals surface area contributed by atoms with Gasteiger partial charge in [-0.2, -0.15) is 0 Å². The maximum absolute atomic E-state index is 10.9. The Morgan fingerprint density at radius 2 is 1.43 bits per heavy atom. The Bertz CT molecular complexity index is 176. The van der Waals surface area contributed by atoms with Crippen LogP contribution in [0.2, 0.25) is 0 Å². The summed E-state index contributed by atoms with van der Waals surface area (Å²) in [6.07, 6.45) is -1.67. The lowest BCUT2D eigenvalue weighted by Crippen LogP contribution is -2.46. The zero-order valence-corrected chi connectivity index (χ0v) is 8.62. The van der Waals surface area contributed by atoms with Crippen molar-refractivity contribution >= 4 is 12.2 Å². The minimum Gasteiger partial charge on any atom is -0.450 e. The van der Waals surface area contributed by atoms with Crippen molar-refractivity contribution in [3.8, 4) is 0 Å². The summed E-state index contributed by atoms with van der Waals surface area (Å²) in [7, 11) is 0. The van der Waals surface area contributed by atoms with Gasteiger partial charge in [-0.15, -0.1) is 0 Å². The van der Waals surface area contributed by atoms with Crippen molar-refractivity contribution in [1.82, 2.24) is 10.6 Å². The highest BCUT2D eigenvalue weighted by atomic mass is 16.6. The molecule has 14 heavy (non-hydrogen) atoms. The van der Waals surface area contributed by atoms with Crippen LogP contribution in [0.5, 0.6) is 0 Å². The SMILES string of the molecule is CCOC(=O)NC(C)NC(=O)OCC. The van der Waals surface area contributed by atoms with Gasteiger partial charge in [-0.25, -0.2) is 9.59 Å². The second kappa shape index (κ2) is 6.99. The van der Waals surface area contributed by atoms with Gasteiger partial charge in [0.2, 0.25) is 0 Å². The Labute approximate surface area is 82.9 Å². The number of nitrogens with one attached hydrogen (secondary N) is 2. The van der Waals surface area contributed by atoms with Crippen LogP contribution in [-0.4, -0.2) is 31.6 Å². The highest BCUT2D eigenvalue weighted by molar-refractivity contribution is 5.70. The zero-order chi connectivity index (χ0) is 11.0. The van der Waals surface area contributed by atoms with E-state index in [1.165, 1.54) is 0 Å². The van der Waals surface area contributed by atoms with Crippen LogP contribution in [0.4, 0.5) is 9.59 Å². The predicted molar refractivity (Wildman–Crippen MR) is 49.8 cm³/mol. The van der Waals surface area contributed by atoms with Gasteiger partial charge >= 0.3 is 12.2 Å². The first kappa shape index (κ1) is 12.5. The van der Waals surface area contributed by atoms with Gasteiger partial charge in [0, 0.05) is 0 Å². The van der Waals surface area contributed by atoms with E-state index in [4.69, 9.17) is 0 Å². The molecule has 6 nitrogen and oxygen atoms in total. The molecule has 0 aliphatic carbocycles. The lowest BCUT2D eigenvalue weighted by molar-refractivity contribution is 0.136. The molecule has 6 heteroatoms. The van der Waals surface area contributed by atoms with Crippen LogP contribution in [0.1, 0.15) is 20.8 Å². The number of amides is 2. The number of carbonyl (C=O) groups excluding carboxylic acids is 2. The van der Waals surface area contributed by atoms with E-state index in [0.717, 1.165) is 0 Å². The molecule has 0 aliphatic heterocycles. The summed E-state index contributed by atoms with van der Waals surface area (Å²) in [5, 5.41) is 4.79. The van der Waals surface area contributed by atoms with E-state index in [9.17, 15) is 9.59 Å². The summed E-state index contributed by atoms with van der Waals surface area (Å²) in [4.78, 5) is 21.7. The molecule has 0 fully saturated rings. The number of hydrogen-bond donors (Lipinski definition) is 2. The third-order valence-corrected chi connectivity index (χ3v) is 1.22. The molecular formula is C8H16N2O4. The van der Waals surface area contributed by atoms with Crippen LogP contribution in [0, 0.1) is 0 Å². The van der Waals surface area contributed by atoms with Crippen molar-refractivity contribution in [2.24, 2.45) is 0 Å². The molecule has 0 unspecified atom stereocenters. The summed E-state index contributed by atoms with van der Waals surface area (Å²) < 4.78 is 9.22. The van der Waals surface area contributed by atoms with E-state index in [0.29, 0.717) is 0 Å². The molecule has 0 saturated heterocycles. The maximum atomic E-state index is 10.9. The molecule has 0 aromatic rings.